The molecule has 2 aromatic heterocycles. The van der Waals surface area contributed by atoms with Crippen molar-refractivity contribution in [3.05, 3.63) is 66.1 Å². The fraction of sp³-hybridized carbons (Fsp3) is 0.261. The van der Waals surface area contributed by atoms with Crippen LogP contribution in [0.1, 0.15) is 35.1 Å². The number of benzene rings is 2. The molecular weight excluding hydrogens is 500 g/mol. The molecule has 5 rings (SSSR count). The fourth-order valence-electron chi connectivity index (χ4n) is 4.17. The maximum Gasteiger partial charge on any atom is 0.573 e. The monoisotopic (exact) mass is 518 g/mol. The fourth-order valence-corrected chi connectivity index (χ4v) is 4.17. The SMILES string of the molecule is COc1ccc(-n2nccn2)c(C(=O)N2CCCC2c2nc(-c3ccccc3OC(F)(F)F)no2)c1F. The Morgan fingerprint density at radius 2 is 1.86 bits per heavy atom. The highest BCUT2D eigenvalue weighted by atomic mass is 19.4. The zero-order valence-corrected chi connectivity index (χ0v) is 19.1. The summed E-state index contributed by atoms with van der Waals surface area (Å²) in [5, 5.41) is 11.8. The third-order valence-electron chi connectivity index (χ3n) is 5.75. The van der Waals surface area contributed by atoms with Crippen molar-refractivity contribution in [1.29, 1.82) is 0 Å². The molecule has 1 unspecified atom stereocenters. The molecule has 0 bridgehead atoms. The van der Waals surface area contributed by atoms with Crippen molar-refractivity contribution in [1.82, 2.24) is 30.0 Å². The summed E-state index contributed by atoms with van der Waals surface area (Å²) in [6.07, 6.45) is -1.19. The van der Waals surface area contributed by atoms with Crippen LogP contribution in [0.3, 0.4) is 0 Å². The number of nitrogens with zero attached hydrogens (tertiary/aromatic N) is 6. The molecule has 0 spiro atoms. The van der Waals surface area contributed by atoms with Crippen LogP contribution < -0.4 is 9.47 Å². The number of rotatable bonds is 6. The number of aromatic nitrogens is 5. The minimum Gasteiger partial charge on any atom is -0.494 e. The van der Waals surface area contributed by atoms with Crippen LogP contribution in [0.4, 0.5) is 17.6 Å². The summed E-state index contributed by atoms with van der Waals surface area (Å²) in [5.74, 6) is -2.38. The van der Waals surface area contributed by atoms with Gasteiger partial charge in [-0.05, 0) is 37.1 Å². The molecule has 1 aliphatic rings. The molecule has 1 amide bonds. The highest BCUT2D eigenvalue weighted by Crippen LogP contribution is 2.37. The van der Waals surface area contributed by atoms with E-state index < -0.39 is 29.9 Å². The van der Waals surface area contributed by atoms with E-state index >= 15 is 4.39 Å². The first kappa shape index (κ1) is 24.2. The number of hydrogen-bond donors (Lipinski definition) is 0. The van der Waals surface area contributed by atoms with E-state index in [1.165, 1.54) is 54.7 Å². The number of ether oxygens (including phenoxy) is 2. The first-order chi connectivity index (χ1) is 17.8. The lowest BCUT2D eigenvalue weighted by molar-refractivity contribution is -0.274. The minimum absolute atomic E-state index is 0.00951. The molecule has 0 aliphatic carbocycles. The van der Waals surface area contributed by atoms with Gasteiger partial charge in [-0.25, -0.2) is 4.39 Å². The molecule has 14 heteroatoms. The third-order valence-corrected chi connectivity index (χ3v) is 5.75. The van der Waals surface area contributed by atoms with Gasteiger partial charge in [0.25, 0.3) is 5.91 Å². The molecule has 1 saturated heterocycles. The van der Waals surface area contributed by atoms with E-state index in [2.05, 4.69) is 25.1 Å². The van der Waals surface area contributed by atoms with Crippen LogP contribution in [-0.2, 0) is 0 Å². The van der Waals surface area contributed by atoms with E-state index in [4.69, 9.17) is 9.26 Å². The Balaban J connectivity index is 1.49. The van der Waals surface area contributed by atoms with Gasteiger partial charge in [0.2, 0.25) is 11.7 Å². The van der Waals surface area contributed by atoms with Gasteiger partial charge in [0, 0.05) is 6.54 Å². The lowest BCUT2D eigenvalue weighted by Crippen LogP contribution is -2.32. The van der Waals surface area contributed by atoms with Crippen LogP contribution in [-0.4, -0.2) is 56.0 Å². The number of para-hydroxylation sites is 1. The van der Waals surface area contributed by atoms with Gasteiger partial charge in [0.1, 0.15) is 23.0 Å². The lowest BCUT2D eigenvalue weighted by Gasteiger charge is -2.23. The smallest absolute Gasteiger partial charge is 0.494 e. The Bertz CT molecular complexity index is 1420. The Morgan fingerprint density at radius 1 is 1.11 bits per heavy atom. The molecule has 1 atom stereocenters. The van der Waals surface area contributed by atoms with E-state index in [9.17, 15) is 18.0 Å². The largest absolute Gasteiger partial charge is 0.573 e. The van der Waals surface area contributed by atoms with E-state index in [0.29, 0.717) is 12.8 Å². The van der Waals surface area contributed by atoms with Crippen molar-refractivity contribution in [2.45, 2.75) is 25.2 Å². The summed E-state index contributed by atoms with van der Waals surface area (Å²) in [4.78, 5) is 20.4. The quantitative estimate of drug-likeness (QED) is 0.347. The lowest BCUT2D eigenvalue weighted by atomic mass is 10.1. The van der Waals surface area contributed by atoms with Gasteiger partial charge in [-0.2, -0.15) is 20.0 Å². The van der Waals surface area contributed by atoms with E-state index in [1.54, 1.807) is 0 Å². The first-order valence-electron chi connectivity index (χ1n) is 11.0. The number of methoxy groups -OCH3 is 1. The Hall–Kier alpha value is -4.49. The highest BCUT2D eigenvalue weighted by Gasteiger charge is 2.38. The molecule has 0 radical (unpaired) electrons. The summed E-state index contributed by atoms with van der Waals surface area (Å²) in [6, 6.07) is 7.42. The van der Waals surface area contributed by atoms with Crippen molar-refractivity contribution < 1.29 is 36.4 Å². The topological polar surface area (TPSA) is 108 Å². The second-order valence-electron chi connectivity index (χ2n) is 7.95. The summed E-state index contributed by atoms with van der Waals surface area (Å²) < 4.78 is 68.3. The second kappa shape index (κ2) is 9.52. The minimum atomic E-state index is -4.92. The number of carbonyl (C=O) groups is 1. The van der Waals surface area contributed by atoms with Gasteiger partial charge in [-0.3, -0.25) is 4.79 Å². The van der Waals surface area contributed by atoms with Gasteiger partial charge in [-0.1, -0.05) is 17.3 Å². The Morgan fingerprint density at radius 3 is 2.59 bits per heavy atom. The summed E-state index contributed by atoms with van der Waals surface area (Å²) in [7, 11) is 1.28. The predicted octanol–water partition coefficient (Wildman–Crippen LogP) is 4.34. The number of likely N-dealkylation sites (tertiary alicyclic amines) is 1. The molecule has 4 aromatic rings. The van der Waals surface area contributed by atoms with Crippen molar-refractivity contribution in [2.24, 2.45) is 0 Å². The molecule has 1 fully saturated rings. The van der Waals surface area contributed by atoms with E-state index in [1.807, 2.05) is 0 Å². The number of halogens is 4. The molecule has 1 aliphatic heterocycles. The predicted molar refractivity (Wildman–Crippen MR) is 117 cm³/mol. The van der Waals surface area contributed by atoms with Gasteiger partial charge >= 0.3 is 6.36 Å². The highest BCUT2D eigenvalue weighted by molar-refractivity contribution is 5.99. The molecule has 0 saturated carbocycles. The average molecular weight is 518 g/mol. The van der Waals surface area contributed by atoms with Crippen LogP contribution in [0.15, 0.2) is 53.3 Å². The molecule has 2 aromatic carbocycles. The van der Waals surface area contributed by atoms with E-state index in [0.717, 1.165) is 10.9 Å². The number of alkyl halides is 3. The third kappa shape index (κ3) is 4.69. The van der Waals surface area contributed by atoms with Crippen LogP contribution in [0.2, 0.25) is 0 Å². The zero-order chi connectivity index (χ0) is 26.2. The van der Waals surface area contributed by atoms with Crippen molar-refractivity contribution in [3.8, 4) is 28.6 Å². The maximum atomic E-state index is 15.4. The Labute approximate surface area is 206 Å². The maximum absolute atomic E-state index is 15.4. The van der Waals surface area contributed by atoms with Crippen molar-refractivity contribution in [3.63, 3.8) is 0 Å². The normalized spacial score (nSPS) is 15.7. The van der Waals surface area contributed by atoms with Crippen LogP contribution in [0.5, 0.6) is 11.5 Å². The van der Waals surface area contributed by atoms with Gasteiger partial charge in [0.05, 0.1) is 25.1 Å². The molecule has 10 nitrogen and oxygen atoms in total. The molecule has 37 heavy (non-hydrogen) atoms. The molecular formula is C23H18F4N6O4. The summed E-state index contributed by atoms with van der Waals surface area (Å²) in [6.45, 7) is 0.248. The standard InChI is InChI=1S/C23H18F4N6O4/c1-35-17-9-8-14(33-28-10-11-29-33)18(19(17)24)22(34)32-12-4-6-15(32)21-30-20(31-37-21)13-5-2-3-7-16(13)36-23(25,26)27/h2-3,5,7-11,15H,4,6,12H2,1H3. The number of amides is 1. The molecule has 192 valence electrons. The van der Waals surface area contributed by atoms with Gasteiger partial charge < -0.3 is 18.9 Å². The Kier molecular flexibility index (Phi) is 6.23. The molecule has 0 N–H and O–H groups in total. The van der Waals surface area contributed by atoms with E-state index in [-0.39, 0.29) is 40.8 Å². The van der Waals surface area contributed by atoms with Crippen molar-refractivity contribution >= 4 is 5.91 Å². The van der Waals surface area contributed by atoms with Gasteiger partial charge in [-0.15, -0.1) is 13.2 Å². The number of carbonyl (C=O) groups excluding carboxylic acids is 1. The zero-order valence-electron chi connectivity index (χ0n) is 19.1. The van der Waals surface area contributed by atoms with Gasteiger partial charge in [0.15, 0.2) is 11.6 Å². The second-order valence-corrected chi connectivity index (χ2v) is 7.95. The summed E-state index contributed by atoms with van der Waals surface area (Å²) >= 11 is 0. The van der Waals surface area contributed by atoms with Crippen LogP contribution in [0.25, 0.3) is 17.1 Å². The first-order valence-corrected chi connectivity index (χ1v) is 11.0. The van der Waals surface area contributed by atoms with Crippen molar-refractivity contribution in [2.75, 3.05) is 13.7 Å². The average Bonchev–Trinajstić information content (AvgIpc) is 3.64. The van der Waals surface area contributed by atoms with Crippen LogP contribution >= 0.6 is 0 Å². The summed E-state index contributed by atoms with van der Waals surface area (Å²) in [5.41, 5.74) is -0.258. The molecule has 3 heterocycles. The number of hydrogen-bond acceptors (Lipinski definition) is 8. The van der Waals surface area contributed by atoms with Crippen LogP contribution in [0, 0.1) is 5.82 Å².